The molecule has 4 rings (SSSR count). The maximum Gasteiger partial charge on any atom is 0.573 e. The lowest BCUT2D eigenvalue weighted by molar-refractivity contribution is -0.274. The Hall–Kier alpha value is -4.43. The minimum atomic E-state index is -4.91. The number of halogens is 3. The standard InChI is InChI=1S/C25H28F3N9O2/c1-16-23(37(30)14-22(29)18-11-31-15-32-12-18)9-19(13-33-16)34-24(38)17-7-20(36-5-3-35(2)4-6-36)10-21(8-17)39-25(26,27)28/h7-15H,3-6,29-30H2,1-2H3,(H,34,38)/b22-14-. The Morgan fingerprint density at radius 1 is 1.08 bits per heavy atom. The van der Waals surface area contributed by atoms with Crippen LogP contribution in [0.4, 0.5) is 30.2 Å². The molecular formula is C25H28F3N9O2. The van der Waals surface area contributed by atoms with Gasteiger partial charge in [0.05, 0.1) is 29.0 Å². The Morgan fingerprint density at radius 3 is 2.44 bits per heavy atom. The number of alkyl halides is 3. The fourth-order valence-corrected chi connectivity index (χ4v) is 3.95. The third kappa shape index (κ3) is 7.33. The molecule has 11 nitrogen and oxygen atoms in total. The molecule has 0 radical (unpaired) electrons. The number of carbonyl (C=O) groups is 1. The van der Waals surface area contributed by atoms with Gasteiger partial charge in [0.2, 0.25) is 0 Å². The maximum absolute atomic E-state index is 13.2. The van der Waals surface area contributed by atoms with Gasteiger partial charge in [0, 0.05) is 67.7 Å². The van der Waals surface area contributed by atoms with Crippen molar-refractivity contribution >= 4 is 28.7 Å². The first-order valence-corrected chi connectivity index (χ1v) is 11.9. The molecule has 1 aliphatic rings. The van der Waals surface area contributed by atoms with Crippen LogP contribution in [0, 0.1) is 6.92 Å². The normalized spacial score (nSPS) is 14.7. The van der Waals surface area contributed by atoms with E-state index in [-0.39, 0.29) is 11.3 Å². The number of nitrogens with two attached hydrogens (primary N) is 2. The third-order valence-electron chi connectivity index (χ3n) is 6.02. The first-order chi connectivity index (χ1) is 18.5. The Labute approximate surface area is 222 Å². The number of nitrogens with zero attached hydrogens (tertiary/aromatic N) is 6. The predicted octanol–water partition coefficient (Wildman–Crippen LogP) is 2.72. The highest BCUT2D eigenvalue weighted by Crippen LogP contribution is 2.30. The van der Waals surface area contributed by atoms with Gasteiger partial charge < -0.3 is 25.6 Å². The molecule has 2 aromatic heterocycles. The summed E-state index contributed by atoms with van der Waals surface area (Å²) in [4.78, 5) is 29.3. The molecule has 1 saturated heterocycles. The second-order valence-electron chi connectivity index (χ2n) is 8.96. The summed E-state index contributed by atoms with van der Waals surface area (Å²) in [5.74, 6) is 5.06. The highest BCUT2D eigenvalue weighted by atomic mass is 19.4. The Balaban J connectivity index is 1.58. The topological polar surface area (TPSA) is 139 Å². The van der Waals surface area contributed by atoms with E-state index < -0.39 is 18.0 Å². The fraction of sp³-hybridized carbons (Fsp3) is 0.280. The molecule has 206 valence electrons. The quantitative estimate of drug-likeness (QED) is 0.301. The summed E-state index contributed by atoms with van der Waals surface area (Å²) >= 11 is 0. The van der Waals surface area contributed by atoms with Crippen molar-refractivity contribution in [1.29, 1.82) is 0 Å². The van der Waals surface area contributed by atoms with Crippen LogP contribution in [0.15, 0.2) is 55.4 Å². The van der Waals surface area contributed by atoms with Crippen molar-refractivity contribution in [2.45, 2.75) is 13.3 Å². The number of aryl methyl sites for hydroxylation is 1. The number of benzene rings is 1. The van der Waals surface area contributed by atoms with Gasteiger partial charge in [-0.05, 0) is 32.2 Å². The number of nitrogens with one attached hydrogen (secondary N) is 1. The molecule has 0 atom stereocenters. The Kier molecular flexibility index (Phi) is 8.16. The number of pyridine rings is 1. The molecule has 14 heteroatoms. The zero-order valence-corrected chi connectivity index (χ0v) is 21.3. The number of hydrogen-bond donors (Lipinski definition) is 3. The molecule has 3 heterocycles. The third-order valence-corrected chi connectivity index (χ3v) is 6.02. The lowest BCUT2D eigenvalue weighted by Gasteiger charge is -2.34. The molecule has 0 bridgehead atoms. The van der Waals surface area contributed by atoms with Crippen LogP contribution in [0.5, 0.6) is 5.75 Å². The highest BCUT2D eigenvalue weighted by Gasteiger charge is 2.32. The van der Waals surface area contributed by atoms with Crippen molar-refractivity contribution in [3.05, 3.63) is 72.2 Å². The fourth-order valence-electron chi connectivity index (χ4n) is 3.95. The van der Waals surface area contributed by atoms with Crippen molar-refractivity contribution in [1.82, 2.24) is 19.9 Å². The lowest BCUT2D eigenvalue weighted by atomic mass is 10.1. The summed E-state index contributed by atoms with van der Waals surface area (Å²) in [5.41, 5.74) is 8.63. The number of piperazine rings is 1. The SMILES string of the molecule is Cc1ncc(NC(=O)c2cc(OC(F)(F)F)cc(N3CCN(C)CC3)c2)cc1N(N)/C=C(\N)c1cncnc1. The highest BCUT2D eigenvalue weighted by molar-refractivity contribution is 6.05. The molecule has 0 aliphatic carbocycles. The molecule has 1 aromatic carbocycles. The van der Waals surface area contributed by atoms with E-state index in [4.69, 9.17) is 11.6 Å². The van der Waals surface area contributed by atoms with Crippen molar-refractivity contribution in [3.63, 3.8) is 0 Å². The van der Waals surface area contributed by atoms with Gasteiger partial charge in [-0.25, -0.2) is 15.8 Å². The number of hydrazine groups is 1. The summed E-state index contributed by atoms with van der Waals surface area (Å²) in [6, 6.07) is 5.43. The zero-order chi connectivity index (χ0) is 28.2. The van der Waals surface area contributed by atoms with Gasteiger partial charge >= 0.3 is 6.36 Å². The number of rotatable bonds is 7. The summed E-state index contributed by atoms with van der Waals surface area (Å²) in [6.07, 6.45) is 2.39. The molecule has 1 fully saturated rings. The van der Waals surface area contributed by atoms with Crippen LogP contribution in [0.3, 0.4) is 0 Å². The van der Waals surface area contributed by atoms with E-state index in [0.29, 0.717) is 41.4 Å². The van der Waals surface area contributed by atoms with Gasteiger partial charge in [0.1, 0.15) is 12.1 Å². The van der Waals surface area contributed by atoms with Crippen molar-refractivity contribution in [2.24, 2.45) is 11.6 Å². The van der Waals surface area contributed by atoms with Crippen molar-refractivity contribution < 1.29 is 22.7 Å². The summed E-state index contributed by atoms with van der Waals surface area (Å²) in [7, 11) is 1.96. The van der Waals surface area contributed by atoms with E-state index in [9.17, 15) is 18.0 Å². The smallest absolute Gasteiger partial charge is 0.406 e. The van der Waals surface area contributed by atoms with E-state index in [2.05, 4.69) is 29.9 Å². The molecule has 5 N–H and O–H groups in total. The predicted molar refractivity (Wildman–Crippen MR) is 141 cm³/mol. The van der Waals surface area contributed by atoms with Gasteiger partial charge in [0.25, 0.3) is 5.91 Å². The molecule has 39 heavy (non-hydrogen) atoms. The molecule has 0 unspecified atom stereocenters. The van der Waals surface area contributed by atoms with Crippen LogP contribution < -0.4 is 31.5 Å². The van der Waals surface area contributed by atoms with Crippen molar-refractivity contribution in [3.8, 4) is 5.75 Å². The molecule has 0 saturated carbocycles. The van der Waals surface area contributed by atoms with Crippen LogP contribution in [0.1, 0.15) is 21.6 Å². The number of anilines is 3. The zero-order valence-electron chi connectivity index (χ0n) is 21.3. The largest absolute Gasteiger partial charge is 0.573 e. The van der Waals surface area contributed by atoms with E-state index in [1.54, 1.807) is 13.0 Å². The first kappa shape index (κ1) is 27.6. The molecule has 0 spiro atoms. The monoisotopic (exact) mass is 543 g/mol. The average molecular weight is 544 g/mol. The Morgan fingerprint density at radius 2 is 1.77 bits per heavy atom. The molecular weight excluding hydrogens is 515 g/mol. The number of amides is 1. The molecule has 3 aromatic rings. The van der Waals surface area contributed by atoms with Crippen LogP contribution >= 0.6 is 0 Å². The number of ether oxygens (including phenoxy) is 1. The van der Waals surface area contributed by atoms with E-state index in [1.807, 2.05) is 11.9 Å². The van der Waals surface area contributed by atoms with Crippen LogP contribution in [0.25, 0.3) is 5.70 Å². The van der Waals surface area contributed by atoms with E-state index >= 15 is 0 Å². The molecule has 1 amide bonds. The number of carbonyl (C=O) groups excluding carboxylic acids is 1. The van der Waals surface area contributed by atoms with Crippen LogP contribution in [-0.2, 0) is 0 Å². The van der Waals surface area contributed by atoms with Gasteiger partial charge in [0.15, 0.2) is 0 Å². The second-order valence-corrected chi connectivity index (χ2v) is 8.96. The molecule has 1 aliphatic heterocycles. The van der Waals surface area contributed by atoms with E-state index in [0.717, 1.165) is 19.2 Å². The van der Waals surface area contributed by atoms with Crippen molar-refractivity contribution in [2.75, 3.05) is 48.5 Å². The summed E-state index contributed by atoms with van der Waals surface area (Å²) in [5, 5.41) is 3.91. The van der Waals surface area contributed by atoms with Crippen LogP contribution in [0.2, 0.25) is 0 Å². The Bertz CT molecular complexity index is 1340. The lowest BCUT2D eigenvalue weighted by Crippen LogP contribution is -2.44. The summed E-state index contributed by atoms with van der Waals surface area (Å²) < 4.78 is 43.2. The summed E-state index contributed by atoms with van der Waals surface area (Å²) in [6.45, 7) is 4.37. The second kappa shape index (κ2) is 11.5. The van der Waals surface area contributed by atoms with E-state index in [1.165, 1.54) is 48.3 Å². The minimum Gasteiger partial charge on any atom is -0.406 e. The van der Waals surface area contributed by atoms with Gasteiger partial charge in [-0.2, -0.15) is 0 Å². The van der Waals surface area contributed by atoms with Crippen LogP contribution in [-0.4, -0.2) is 65.3 Å². The van der Waals surface area contributed by atoms with Gasteiger partial charge in [-0.3, -0.25) is 14.8 Å². The minimum absolute atomic E-state index is 0.00868. The first-order valence-electron chi connectivity index (χ1n) is 11.9. The maximum atomic E-state index is 13.2. The van der Waals surface area contributed by atoms with Gasteiger partial charge in [-0.1, -0.05) is 0 Å². The number of hydrogen-bond acceptors (Lipinski definition) is 10. The van der Waals surface area contributed by atoms with Gasteiger partial charge in [-0.15, -0.1) is 13.2 Å². The average Bonchev–Trinajstić information content (AvgIpc) is 2.89. The number of likely N-dealkylation sites (N-methyl/N-ethyl adjacent to an activating group) is 1. The number of aromatic nitrogens is 3.